The molecule has 3 amide bonds. The SMILES string of the molecule is O=C1CC(C(=O)O)N(C(=O)[C@@H]2CCC[C@@H](NC(=O)OCC3c4ccccc4-c4ccccc43)C2)N1. The van der Waals surface area contributed by atoms with E-state index in [0.29, 0.717) is 25.7 Å². The van der Waals surface area contributed by atoms with Gasteiger partial charge in [-0.15, -0.1) is 0 Å². The Morgan fingerprint density at radius 1 is 1.03 bits per heavy atom. The number of ether oxygens (including phenoxy) is 1. The predicted octanol–water partition coefficient (Wildman–Crippen LogP) is 2.80. The molecule has 1 saturated carbocycles. The van der Waals surface area contributed by atoms with Crippen LogP contribution >= 0.6 is 0 Å². The van der Waals surface area contributed by atoms with Crippen LogP contribution in [-0.2, 0) is 19.1 Å². The van der Waals surface area contributed by atoms with Crippen molar-refractivity contribution in [2.45, 2.75) is 50.1 Å². The van der Waals surface area contributed by atoms with Crippen LogP contribution in [0.1, 0.15) is 49.1 Å². The van der Waals surface area contributed by atoms with E-state index >= 15 is 0 Å². The molecule has 1 saturated heterocycles. The second-order valence-electron chi connectivity index (χ2n) is 9.33. The Labute approximate surface area is 202 Å². The minimum atomic E-state index is -1.22. The fraction of sp³-hybridized carbons (Fsp3) is 0.385. The molecule has 3 atom stereocenters. The van der Waals surface area contributed by atoms with Crippen LogP contribution in [0.25, 0.3) is 11.1 Å². The van der Waals surface area contributed by atoms with Crippen LogP contribution < -0.4 is 10.7 Å². The maximum atomic E-state index is 12.9. The number of aliphatic carboxylic acids is 1. The fourth-order valence-corrected chi connectivity index (χ4v) is 5.48. The van der Waals surface area contributed by atoms with E-state index in [9.17, 15) is 24.3 Å². The lowest BCUT2D eigenvalue weighted by atomic mass is 9.85. The Balaban J connectivity index is 1.18. The number of amides is 3. The number of nitrogens with zero attached hydrogens (tertiary/aromatic N) is 1. The topological polar surface area (TPSA) is 125 Å². The van der Waals surface area contributed by atoms with Gasteiger partial charge in [-0.05, 0) is 41.5 Å². The van der Waals surface area contributed by atoms with Crippen molar-refractivity contribution >= 4 is 23.9 Å². The quantitative estimate of drug-likeness (QED) is 0.608. The number of hydrazine groups is 1. The van der Waals surface area contributed by atoms with Gasteiger partial charge in [0.05, 0.1) is 6.42 Å². The second-order valence-corrected chi connectivity index (χ2v) is 9.33. The number of carboxylic acids is 1. The van der Waals surface area contributed by atoms with E-state index < -0.39 is 35.8 Å². The molecule has 1 aliphatic heterocycles. The molecular formula is C26H27N3O6. The van der Waals surface area contributed by atoms with Crippen LogP contribution in [0.5, 0.6) is 0 Å². The Hall–Kier alpha value is -3.88. The molecule has 0 radical (unpaired) electrons. The van der Waals surface area contributed by atoms with Gasteiger partial charge in [0.25, 0.3) is 0 Å². The van der Waals surface area contributed by atoms with E-state index in [4.69, 9.17) is 4.74 Å². The van der Waals surface area contributed by atoms with Gasteiger partial charge >= 0.3 is 12.1 Å². The molecule has 9 nitrogen and oxygen atoms in total. The summed E-state index contributed by atoms with van der Waals surface area (Å²) >= 11 is 0. The summed E-state index contributed by atoms with van der Waals surface area (Å²) in [6.45, 7) is 0.203. The molecule has 2 fully saturated rings. The molecule has 9 heteroatoms. The molecule has 35 heavy (non-hydrogen) atoms. The molecule has 1 unspecified atom stereocenters. The molecule has 2 aromatic carbocycles. The number of hydrogen-bond acceptors (Lipinski definition) is 5. The highest BCUT2D eigenvalue weighted by Gasteiger charge is 2.42. The largest absolute Gasteiger partial charge is 0.480 e. The van der Waals surface area contributed by atoms with Crippen molar-refractivity contribution in [1.29, 1.82) is 0 Å². The summed E-state index contributed by atoms with van der Waals surface area (Å²) in [4.78, 5) is 48.7. The number of benzene rings is 2. The van der Waals surface area contributed by atoms with Crippen molar-refractivity contribution in [3.05, 3.63) is 59.7 Å². The van der Waals surface area contributed by atoms with Crippen molar-refractivity contribution in [2.24, 2.45) is 5.92 Å². The smallest absolute Gasteiger partial charge is 0.407 e. The predicted molar refractivity (Wildman–Crippen MR) is 125 cm³/mol. The molecule has 3 N–H and O–H groups in total. The monoisotopic (exact) mass is 477 g/mol. The summed E-state index contributed by atoms with van der Waals surface area (Å²) < 4.78 is 5.62. The highest BCUT2D eigenvalue weighted by Crippen LogP contribution is 2.44. The van der Waals surface area contributed by atoms with Crippen molar-refractivity contribution in [2.75, 3.05) is 6.61 Å². The first-order valence-electron chi connectivity index (χ1n) is 11.9. The third-order valence-corrected chi connectivity index (χ3v) is 7.15. The molecule has 0 spiro atoms. The minimum Gasteiger partial charge on any atom is -0.480 e. The van der Waals surface area contributed by atoms with Gasteiger partial charge in [0.2, 0.25) is 11.8 Å². The maximum absolute atomic E-state index is 12.9. The summed E-state index contributed by atoms with van der Waals surface area (Å²) in [5.41, 5.74) is 6.92. The van der Waals surface area contributed by atoms with E-state index in [0.717, 1.165) is 27.3 Å². The summed E-state index contributed by atoms with van der Waals surface area (Å²) in [6.07, 6.45) is 1.53. The Morgan fingerprint density at radius 3 is 2.34 bits per heavy atom. The summed E-state index contributed by atoms with van der Waals surface area (Å²) in [5, 5.41) is 13.1. The van der Waals surface area contributed by atoms with Gasteiger partial charge in [-0.3, -0.25) is 15.0 Å². The average Bonchev–Trinajstić information content (AvgIpc) is 3.41. The van der Waals surface area contributed by atoms with Crippen LogP contribution in [0.2, 0.25) is 0 Å². The van der Waals surface area contributed by atoms with E-state index in [1.165, 1.54) is 0 Å². The van der Waals surface area contributed by atoms with Gasteiger partial charge in [-0.1, -0.05) is 55.0 Å². The third kappa shape index (κ3) is 4.45. The maximum Gasteiger partial charge on any atom is 0.407 e. The first kappa shape index (κ1) is 22.9. The lowest BCUT2D eigenvalue weighted by Crippen LogP contribution is -2.51. The van der Waals surface area contributed by atoms with Crippen LogP contribution in [0.3, 0.4) is 0 Å². The molecule has 2 aromatic rings. The molecule has 3 aliphatic rings. The van der Waals surface area contributed by atoms with Gasteiger partial charge < -0.3 is 15.2 Å². The number of carbonyl (C=O) groups excluding carboxylic acids is 3. The summed E-state index contributed by atoms with van der Waals surface area (Å²) in [5.74, 6) is -2.67. The van der Waals surface area contributed by atoms with E-state index in [-0.39, 0.29) is 25.0 Å². The van der Waals surface area contributed by atoms with Gasteiger partial charge in [0, 0.05) is 17.9 Å². The lowest BCUT2D eigenvalue weighted by molar-refractivity contribution is -0.153. The summed E-state index contributed by atoms with van der Waals surface area (Å²) in [7, 11) is 0. The van der Waals surface area contributed by atoms with E-state index in [1.807, 2.05) is 24.3 Å². The number of fused-ring (bicyclic) bond motifs is 3. The van der Waals surface area contributed by atoms with Crippen molar-refractivity contribution < 1.29 is 29.0 Å². The third-order valence-electron chi connectivity index (χ3n) is 7.15. The van der Waals surface area contributed by atoms with Crippen molar-refractivity contribution in [3.8, 4) is 11.1 Å². The van der Waals surface area contributed by atoms with E-state index in [1.54, 1.807) is 0 Å². The Morgan fingerprint density at radius 2 is 1.69 bits per heavy atom. The lowest BCUT2D eigenvalue weighted by Gasteiger charge is -2.32. The highest BCUT2D eigenvalue weighted by molar-refractivity contribution is 5.94. The van der Waals surface area contributed by atoms with Crippen LogP contribution in [0, 0.1) is 5.92 Å². The number of rotatable bonds is 5. The zero-order valence-corrected chi connectivity index (χ0v) is 19.1. The minimum absolute atomic E-state index is 0.0411. The first-order valence-corrected chi connectivity index (χ1v) is 11.9. The molecular weight excluding hydrogens is 450 g/mol. The number of hydrogen-bond donors (Lipinski definition) is 3. The molecule has 5 rings (SSSR count). The molecule has 1 heterocycles. The molecule has 2 aliphatic carbocycles. The van der Waals surface area contributed by atoms with Gasteiger partial charge in [-0.2, -0.15) is 0 Å². The number of carbonyl (C=O) groups is 4. The highest BCUT2D eigenvalue weighted by atomic mass is 16.5. The zero-order valence-electron chi connectivity index (χ0n) is 19.1. The molecule has 182 valence electrons. The standard InChI is InChI=1S/C26H27N3O6/c30-23-13-22(25(32)33)29(28-23)24(31)15-6-5-7-16(12-15)27-26(34)35-14-21-19-10-3-1-8-17(19)18-9-2-4-11-20(18)21/h1-4,8-11,15-16,21-22H,5-7,12-14H2,(H,27,34)(H,28,30)(H,32,33)/t15-,16-,22?/m1/s1. The first-order chi connectivity index (χ1) is 16.9. The number of carboxylic acid groups (broad SMARTS) is 1. The van der Waals surface area contributed by atoms with Crippen LogP contribution in [-0.4, -0.2) is 52.7 Å². The fourth-order valence-electron chi connectivity index (χ4n) is 5.48. The van der Waals surface area contributed by atoms with Gasteiger partial charge in [-0.25, -0.2) is 14.6 Å². The normalized spacial score (nSPS) is 23.3. The van der Waals surface area contributed by atoms with E-state index in [2.05, 4.69) is 35.0 Å². The Kier molecular flexibility index (Phi) is 6.15. The van der Waals surface area contributed by atoms with Gasteiger partial charge in [0.15, 0.2) is 6.04 Å². The summed E-state index contributed by atoms with van der Waals surface area (Å²) in [6, 6.07) is 14.7. The second kappa shape index (κ2) is 9.40. The average molecular weight is 478 g/mol. The zero-order chi connectivity index (χ0) is 24.5. The van der Waals surface area contributed by atoms with Gasteiger partial charge in [0.1, 0.15) is 6.61 Å². The number of nitrogens with one attached hydrogen (secondary N) is 2. The van der Waals surface area contributed by atoms with Crippen molar-refractivity contribution in [3.63, 3.8) is 0 Å². The molecule has 0 bridgehead atoms. The Bertz CT molecular complexity index is 1140. The van der Waals surface area contributed by atoms with Crippen LogP contribution in [0.15, 0.2) is 48.5 Å². The van der Waals surface area contributed by atoms with Crippen LogP contribution in [0.4, 0.5) is 4.79 Å². The molecule has 0 aromatic heterocycles. The van der Waals surface area contributed by atoms with Crippen molar-refractivity contribution in [1.82, 2.24) is 15.8 Å². The number of alkyl carbamates (subject to hydrolysis) is 1.